The van der Waals surface area contributed by atoms with Gasteiger partial charge in [0.1, 0.15) is 0 Å². The zero-order valence-corrected chi connectivity index (χ0v) is 20.8. The summed E-state index contributed by atoms with van der Waals surface area (Å²) in [4.78, 5) is 16.0. The van der Waals surface area contributed by atoms with Crippen LogP contribution in [0.4, 0.5) is 0 Å². The van der Waals surface area contributed by atoms with Gasteiger partial charge in [-0.25, -0.2) is 0 Å². The van der Waals surface area contributed by atoms with Crippen molar-refractivity contribution in [1.82, 2.24) is 16.0 Å². The molecule has 1 fully saturated rings. The monoisotopic (exact) mass is 532 g/mol. The van der Waals surface area contributed by atoms with Crippen LogP contribution in [0.1, 0.15) is 44.6 Å². The van der Waals surface area contributed by atoms with Crippen LogP contribution in [0.2, 0.25) is 0 Å². The van der Waals surface area contributed by atoms with Crippen LogP contribution in [0.15, 0.2) is 23.2 Å². The summed E-state index contributed by atoms with van der Waals surface area (Å²) in [6.45, 7) is 4.90. The second-order valence-corrected chi connectivity index (χ2v) is 7.22. The largest absolute Gasteiger partial charge is 0.493 e. The van der Waals surface area contributed by atoms with Gasteiger partial charge in [0.25, 0.3) is 0 Å². The van der Waals surface area contributed by atoms with E-state index in [1.807, 2.05) is 19.1 Å². The van der Waals surface area contributed by atoms with Crippen LogP contribution < -0.4 is 25.4 Å². The summed E-state index contributed by atoms with van der Waals surface area (Å²) in [7, 11) is 3.42. The molecule has 1 aromatic rings. The number of halogens is 1. The Hall–Kier alpha value is -1.71. The number of benzene rings is 1. The van der Waals surface area contributed by atoms with Crippen molar-refractivity contribution in [2.24, 2.45) is 10.9 Å². The van der Waals surface area contributed by atoms with Crippen molar-refractivity contribution in [2.75, 3.05) is 40.4 Å². The molecule has 1 amide bonds. The molecule has 0 unspecified atom stereocenters. The lowest BCUT2D eigenvalue weighted by molar-refractivity contribution is -0.127. The van der Waals surface area contributed by atoms with Gasteiger partial charge < -0.3 is 25.4 Å². The number of ether oxygens (including phenoxy) is 2. The minimum absolute atomic E-state index is 0. The number of carbonyl (C=O) groups excluding carboxylic acids is 1. The maximum absolute atomic E-state index is 11.8. The van der Waals surface area contributed by atoms with Gasteiger partial charge in [0.15, 0.2) is 17.5 Å². The third-order valence-electron chi connectivity index (χ3n) is 5.11. The molecule has 0 radical (unpaired) electrons. The Bertz CT molecular complexity index is 666. The summed E-state index contributed by atoms with van der Waals surface area (Å²) in [5.74, 6) is 2.82. The van der Waals surface area contributed by atoms with E-state index in [1.54, 1.807) is 14.2 Å². The van der Waals surface area contributed by atoms with Crippen LogP contribution in [-0.2, 0) is 11.2 Å². The highest BCUT2D eigenvalue weighted by molar-refractivity contribution is 14.0. The molecule has 30 heavy (non-hydrogen) atoms. The molecule has 0 aromatic heterocycles. The second kappa shape index (κ2) is 15.1. The highest BCUT2D eigenvalue weighted by atomic mass is 127. The lowest BCUT2D eigenvalue weighted by Crippen LogP contribution is -2.40. The first kappa shape index (κ1) is 26.3. The van der Waals surface area contributed by atoms with Crippen LogP contribution in [0.25, 0.3) is 0 Å². The Morgan fingerprint density at radius 2 is 1.80 bits per heavy atom. The highest BCUT2D eigenvalue weighted by Gasteiger charge is 2.24. The van der Waals surface area contributed by atoms with E-state index < -0.39 is 0 Å². The van der Waals surface area contributed by atoms with Crippen molar-refractivity contribution in [3.05, 3.63) is 23.8 Å². The predicted molar refractivity (Wildman–Crippen MR) is 132 cm³/mol. The third-order valence-corrected chi connectivity index (χ3v) is 5.11. The SMILES string of the molecule is CCOc1cc(CCCNC(=NC)NCCCNC(=O)C2CCC2)ccc1OC.I. The van der Waals surface area contributed by atoms with Gasteiger partial charge in [-0.1, -0.05) is 12.5 Å². The van der Waals surface area contributed by atoms with Crippen LogP contribution >= 0.6 is 24.0 Å². The number of aryl methyl sites for hydroxylation is 1. The van der Waals surface area contributed by atoms with Crippen molar-refractivity contribution in [1.29, 1.82) is 0 Å². The number of hydrogen-bond donors (Lipinski definition) is 3. The highest BCUT2D eigenvalue weighted by Crippen LogP contribution is 2.28. The van der Waals surface area contributed by atoms with Gasteiger partial charge in [0, 0.05) is 32.6 Å². The lowest BCUT2D eigenvalue weighted by atomic mass is 9.85. The molecule has 8 heteroatoms. The predicted octanol–water partition coefficient (Wildman–Crippen LogP) is 3.12. The van der Waals surface area contributed by atoms with E-state index in [1.165, 1.54) is 12.0 Å². The molecule has 170 valence electrons. The molecule has 1 aliphatic carbocycles. The van der Waals surface area contributed by atoms with E-state index in [0.29, 0.717) is 13.2 Å². The zero-order valence-electron chi connectivity index (χ0n) is 18.5. The fourth-order valence-corrected chi connectivity index (χ4v) is 3.19. The van der Waals surface area contributed by atoms with E-state index in [2.05, 4.69) is 27.0 Å². The van der Waals surface area contributed by atoms with E-state index in [4.69, 9.17) is 9.47 Å². The molecule has 0 spiro atoms. The molecule has 0 heterocycles. The standard InChI is InChI=1S/C22H36N4O3.HI/c1-4-29-20-16-17(11-12-19(20)28-3)8-6-13-25-22(23-2)26-15-7-14-24-21(27)18-9-5-10-18;/h11-12,16,18H,4-10,13-15H2,1-3H3,(H,24,27)(H2,23,25,26);1H. The minimum Gasteiger partial charge on any atom is -0.493 e. The fourth-order valence-electron chi connectivity index (χ4n) is 3.19. The van der Waals surface area contributed by atoms with Gasteiger partial charge in [0.2, 0.25) is 5.91 Å². The molecular formula is C22H37IN4O3. The molecule has 1 saturated carbocycles. The molecule has 3 N–H and O–H groups in total. The van der Waals surface area contributed by atoms with Crippen LogP contribution in [0.3, 0.4) is 0 Å². The third kappa shape index (κ3) is 8.97. The Balaban J connectivity index is 0.00000450. The van der Waals surface area contributed by atoms with Gasteiger partial charge in [0.05, 0.1) is 13.7 Å². The second-order valence-electron chi connectivity index (χ2n) is 7.22. The van der Waals surface area contributed by atoms with Crippen molar-refractivity contribution in [3.8, 4) is 11.5 Å². The first-order valence-corrected chi connectivity index (χ1v) is 10.7. The van der Waals surface area contributed by atoms with Gasteiger partial charge in [-0.2, -0.15) is 0 Å². The van der Waals surface area contributed by atoms with Crippen molar-refractivity contribution in [2.45, 2.75) is 45.4 Å². The van der Waals surface area contributed by atoms with Crippen molar-refractivity contribution >= 4 is 35.8 Å². The number of nitrogens with one attached hydrogen (secondary N) is 3. The summed E-state index contributed by atoms with van der Waals surface area (Å²) in [6, 6.07) is 6.08. The molecule has 0 aliphatic heterocycles. The molecule has 2 rings (SSSR count). The molecule has 0 atom stereocenters. The van der Waals surface area contributed by atoms with Gasteiger partial charge in [-0.15, -0.1) is 24.0 Å². The maximum Gasteiger partial charge on any atom is 0.223 e. The average molecular weight is 532 g/mol. The number of carbonyl (C=O) groups is 1. The summed E-state index contributed by atoms with van der Waals surface area (Å²) in [5, 5.41) is 9.63. The number of hydrogen-bond acceptors (Lipinski definition) is 4. The van der Waals surface area contributed by atoms with Gasteiger partial charge >= 0.3 is 0 Å². The van der Waals surface area contributed by atoms with Crippen molar-refractivity contribution in [3.63, 3.8) is 0 Å². The Kier molecular flexibility index (Phi) is 13.3. The molecule has 0 bridgehead atoms. The number of nitrogens with zero attached hydrogens (tertiary/aromatic N) is 1. The topological polar surface area (TPSA) is 84.0 Å². The average Bonchev–Trinajstić information content (AvgIpc) is 2.68. The van der Waals surface area contributed by atoms with Crippen molar-refractivity contribution < 1.29 is 14.3 Å². The van der Waals surface area contributed by atoms with E-state index in [-0.39, 0.29) is 35.8 Å². The number of guanidine groups is 1. The maximum atomic E-state index is 11.8. The number of aliphatic imine (C=N–C) groups is 1. The Morgan fingerprint density at radius 3 is 2.40 bits per heavy atom. The van der Waals surface area contributed by atoms with Crippen LogP contribution in [0, 0.1) is 5.92 Å². The molecular weight excluding hydrogens is 495 g/mol. The smallest absolute Gasteiger partial charge is 0.223 e. The summed E-state index contributed by atoms with van der Waals surface area (Å²) in [6.07, 6.45) is 6.09. The normalized spacial score (nSPS) is 13.6. The number of rotatable bonds is 12. The molecule has 0 saturated heterocycles. The Morgan fingerprint density at radius 1 is 1.10 bits per heavy atom. The molecule has 1 aliphatic rings. The first-order chi connectivity index (χ1) is 14.2. The summed E-state index contributed by atoms with van der Waals surface area (Å²) < 4.78 is 11.0. The fraction of sp³-hybridized carbons (Fsp3) is 0.636. The lowest BCUT2D eigenvalue weighted by Gasteiger charge is -2.24. The van der Waals surface area contributed by atoms with E-state index in [9.17, 15) is 4.79 Å². The zero-order chi connectivity index (χ0) is 20.9. The van der Waals surface area contributed by atoms with E-state index in [0.717, 1.165) is 62.7 Å². The number of amides is 1. The van der Waals surface area contributed by atoms with Crippen LogP contribution in [-0.4, -0.2) is 52.3 Å². The van der Waals surface area contributed by atoms with Gasteiger partial charge in [-0.05, 0) is 56.7 Å². The van der Waals surface area contributed by atoms with Crippen LogP contribution in [0.5, 0.6) is 11.5 Å². The quantitative estimate of drug-likeness (QED) is 0.167. The molecule has 7 nitrogen and oxygen atoms in total. The summed E-state index contributed by atoms with van der Waals surface area (Å²) >= 11 is 0. The first-order valence-electron chi connectivity index (χ1n) is 10.7. The summed E-state index contributed by atoms with van der Waals surface area (Å²) in [5.41, 5.74) is 1.22. The Labute approximate surface area is 197 Å². The minimum atomic E-state index is 0. The number of methoxy groups -OCH3 is 1. The van der Waals surface area contributed by atoms with E-state index >= 15 is 0 Å². The van der Waals surface area contributed by atoms with Gasteiger partial charge in [-0.3, -0.25) is 9.79 Å². The molecule has 1 aromatic carbocycles.